The number of carboxylic acid groups (broad SMARTS) is 1. The van der Waals surface area contributed by atoms with Gasteiger partial charge in [0.15, 0.2) is 0 Å². The lowest BCUT2D eigenvalue weighted by Gasteiger charge is -2.30. The smallest absolute Gasteiger partial charge is 0.407 e. The Morgan fingerprint density at radius 2 is 1.65 bits per heavy atom. The molecule has 7 N–H and O–H groups in total. The molecule has 0 aliphatic heterocycles. The predicted molar refractivity (Wildman–Crippen MR) is 165 cm³/mol. The van der Waals surface area contributed by atoms with Gasteiger partial charge >= 0.3 is 12.1 Å². The fraction of sp³-hybridized carbons (Fsp3) is 0.531. The molecule has 0 radical (unpaired) electrons. The van der Waals surface area contributed by atoms with E-state index in [1.807, 2.05) is 50.2 Å². The monoisotopic (exact) mass is 600 g/mol. The van der Waals surface area contributed by atoms with E-state index in [1.165, 1.54) is 0 Å². The third kappa shape index (κ3) is 13.5. The Balaban J connectivity index is 1.96. The van der Waals surface area contributed by atoms with Crippen LogP contribution >= 0.6 is 0 Å². The summed E-state index contributed by atoms with van der Waals surface area (Å²) < 4.78 is 11.2. The maximum absolute atomic E-state index is 12.5. The Bertz CT molecular complexity index is 1150. The molecular weight excluding hydrogens is 552 g/mol. The molecule has 0 saturated heterocycles. The molecule has 0 heterocycles. The third-order valence-corrected chi connectivity index (χ3v) is 6.61. The molecule has 238 valence electrons. The van der Waals surface area contributed by atoms with Crippen molar-refractivity contribution in [1.82, 2.24) is 16.0 Å². The first-order chi connectivity index (χ1) is 20.3. The average molecular weight is 601 g/mol. The maximum atomic E-state index is 12.5. The number of benzene rings is 2. The minimum absolute atomic E-state index is 0.0729. The summed E-state index contributed by atoms with van der Waals surface area (Å²) in [5.74, 6) is -0.729. The first-order valence-corrected chi connectivity index (χ1v) is 14.7. The SMILES string of the molecule is CC(C)[C@H](N)C(=O)NCCCCOc1cccc(CN[C@@H](C(=O)O)[C@H](O)[C@H](Cc2ccccc2)NC(=O)OC(C)(C)C)c1. The summed E-state index contributed by atoms with van der Waals surface area (Å²) in [6.45, 7) is 10.1. The second-order valence-corrected chi connectivity index (χ2v) is 11.9. The van der Waals surface area contributed by atoms with Crippen LogP contribution in [0.4, 0.5) is 4.79 Å². The molecular formula is C32H48N4O7. The molecule has 11 nitrogen and oxygen atoms in total. The number of nitrogens with two attached hydrogens (primary N) is 1. The van der Waals surface area contributed by atoms with Gasteiger partial charge in [-0.3, -0.25) is 14.9 Å². The van der Waals surface area contributed by atoms with Crippen LogP contribution in [0.25, 0.3) is 0 Å². The molecule has 0 aliphatic rings. The summed E-state index contributed by atoms with van der Waals surface area (Å²) >= 11 is 0. The van der Waals surface area contributed by atoms with Crippen LogP contribution in [0, 0.1) is 5.92 Å². The average Bonchev–Trinajstić information content (AvgIpc) is 2.93. The van der Waals surface area contributed by atoms with Crippen LogP contribution in [-0.2, 0) is 27.3 Å². The van der Waals surface area contributed by atoms with Crippen LogP contribution in [0.3, 0.4) is 0 Å². The summed E-state index contributed by atoms with van der Waals surface area (Å²) in [6.07, 6.45) is -0.564. The number of rotatable bonds is 17. The van der Waals surface area contributed by atoms with Gasteiger partial charge < -0.3 is 36.1 Å². The molecule has 4 atom stereocenters. The minimum atomic E-state index is -1.47. The number of carboxylic acids is 1. The van der Waals surface area contributed by atoms with E-state index in [2.05, 4.69) is 16.0 Å². The number of carbonyl (C=O) groups is 3. The third-order valence-electron chi connectivity index (χ3n) is 6.61. The lowest BCUT2D eigenvalue weighted by atomic mass is 9.96. The molecule has 43 heavy (non-hydrogen) atoms. The van der Waals surface area contributed by atoms with Gasteiger partial charge in [0.05, 0.1) is 18.7 Å². The largest absolute Gasteiger partial charge is 0.494 e. The van der Waals surface area contributed by atoms with Gasteiger partial charge in [-0.25, -0.2) is 4.79 Å². The van der Waals surface area contributed by atoms with Crippen LogP contribution in [0.5, 0.6) is 5.75 Å². The van der Waals surface area contributed by atoms with Gasteiger partial charge in [-0.1, -0.05) is 56.3 Å². The van der Waals surface area contributed by atoms with Crippen molar-refractivity contribution in [2.24, 2.45) is 11.7 Å². The van der Waals surface area contributed by atoms with Crippen molar-refractivity contribution < 1.29 is 34.1 Å². The van der Waals surface area contributed by atoms with Crippen LogP contribution in [0.2, 0.25) is 0 Å². The van der Waals surface area contributed by atoms with Crippen LogP contribution in [-0.4, -0.2) is 71.2 Å². The zero-order valence-electron chi connectivity index (χ0n) is 25.8. The van der Waals surface area contributed by atoms with Crippen molar-refractivity contribution in [3.05, 3.63) is 65.7 Å². The summed E-state index contributed by atoms with van der Waals surface area (Å²) in [4.78, 5) is 36.7. The second kappa shape index (κ2) is 17.4. The summed E-state index contributed by atoms with van der Waals surface area (Å²) in [6, 6.07) is 13.6. The van der Waals surface area contributed by atoms with Gasteiger partial charge in [0.2, 0.25) is 5.91 Å². The van der Waals surface area contributed by atoms with E-state index in [-0.39, 0.29) is 24.8 Å². The molecule has 0 unspecified atom stereocenters. The number of aliphatic carboxylic acids is 1. The van der Waals surface area contributed by atoms with E-state index < -0.39 is 41.9 Å². The van der Waals surface area contributed by atoms with Crippen molar-refractivity contribution in [2.45, 2.75) is 90.3 Å². The summed E-state index contributed by atoms with van der Waals surface area (Å²) in [5, 5.41) is 29.6. The van der Waals surface area contributed by atoms with Crippen LogP contribution in [0.1, 0.15) is 58.6 Å². The van der Waals surface area contributed by atoms with E-state index >= 15 is 0 Å². The van der Waals surface area contributed by atoms with Gasteiger partial charge in [-0.15, -0.1) is 0 Å². The number of nitrogens with one attached hydrogen (secondary N) is 3. The molecule has 11 heteroatoms. The standard InChI is InChI=1S/C32H48N4O7/c1-21(2)26(33)29(38)34-16-9-10-17-42-24-15-11-14-23(18-24)20-35-27(30(39)40)28(37)25(19-22-12-7-6-8-13-22)36-31(41)43-32(3,4)5/h6-8,11-15,18,21,25-28,35,37H,9-10,16-17,19-20,33H2,1-5H3,(H,34,38)(H,36,41)(H,39,40)/t25-,26-,27+,28+/m0/s1. The van der Waals surface area contributed by atoms with Crippen molar-refractivity contribution in [3.63, 3.8) is 0 Å². The van der Waals surface area contributed by atoms with Crippen molar-refractivity contribution in [1.29, 1.82) is 0 Å². The number of alkyl carbamates (subject to hydrolysis) is 1. The number of amides is 2. The van der Waals surface area contributed by atoms with Crippen molar-refractivity contribution in [3.8, 4) is 5.75 Å². The Hall–Kier alpha value is -3.67. The Kier molecular flexibility index (Phi) is 14.4. The molecule has 2 rings (SSSR count). The molecule has 2 aromatic carbocycles. The molecule has 0 saturated carbocycles. The fourth-order valence-corrected chi connectivity index (χ4v) is 4.19. The van der Waals surface area contributed by atoms with E-state index in [9.17, 15) is 24.6 Å². The van der Waals surface area contributed by atoms with Crippen LogP contribution < -0.4 is 26.4 Å². The van der Waals surface area contributed by atoms with Gasteiger partial charge in [0.25, 0.3) is 0 Å². The highest BCUT2D eigenvalue weighted by Gasteiger charge is 2.34. The molecule has 2 aromatic rings. The van der Waals surface area contributed by atoms with E-state index in [1.54, 1.807) is 39.0 Å². The number of aliphatic hydroxyl groups excluding tert-OH is 1. The molecule has 0 spiro atoms. The number of carbonyl (C=O) groups excluding carboxylic acids is 2. The second-order valence-electron chi connectivity index (χ2n) is 11.9. The van der Waals surface area contributed by atoms with Crippen molar-refractivity contribution in [2.75, 3.05) is 13.2 Å². The highest BCUT2D eigenvalue weighted by Crippen LogP contribution is 2.16. The van der Waals surface area contributed by atoms with Gasteiger partial charge in [-0.2, -0.15) is 0 Å². The van der Waals surface area contributed by atoms with E-state index in [0.29, 0.717) is 18.9 Å². The molecule has 0 aliphatic carbocycles. The summed E-state index contributed by atoms with van der Waals surface area (Å²) in [7, 11) is 0. The molecule has 0 aromatic heterocycles. The maximum Gasteiger partial charge on any atom is 0.407 e. The quantitative estimate of drug-likeness (QED) is 0.149. The van der Waals surface area contributed by atoms with Crippen molar-refractivity contribution >= 4 is 18.0 Å². The minimum Gasteiger partial charge on any atom is -0.494 e. The topological polar surface area (TPSA) is 172 Å². The van der Waals surface area contributed by atoms with Gasteiger partial charge in [-0.05, 0) is 69.2 Å². The number of ether oxygens (including phenoxy) is 2. The van der Waals surface area contributed by atoms with Crippen LogP contribution in [0.15, 0.2) is 54.6 Å². The van der Waals surface area contributed by atoms with Gasteiger partial charge in [0.1, 0.15) is 23.5 Å². The van der Waals surface area contributed by atoms with E-state index in [0.717, 1.165) is 24.0 Å². The fourth-order valence-electron chi connectivity index (χ4n) is 4.19. The number of hydrogen-bond acceptors (Lipinski definition) is 8. The first kappa shape index (κ1) is 35.5. The number of unbranched alkanes of at least 4 members (excludes halogenated alkanes) is 1. The predicted octanol–water partition coefficient (Wildman–Crippen LogP) is 2.98. The number of aliphatic hydroxyl groups is 1. The lowest BCUT2D eigenvalue weighted by Crippen LogP contribution is -2.57. The normalized spacial score (nSPS) is 14.3. The van der Waals surface area contributed by atoms with Gasteiger partial charge in [0, 0.05) is 13.1 Å². The highest BCUT2D eigenvalue weighted by atomic mass is 16.6. The zero-order chi connectivity index (χ0) is 32.0. The molecule has 0 fully saturated rings. The highest BCUT2D eigenvalue weighted by molar-refractivity contribution is 5.81. The van der Waals surface area contributed by atoms with E-state index in [4.69, 9.17) is 15.2 Å². The lowest BCUT2D eigenvalue weighted by molar-refractivity contribution is -0.143. The number of hydrogen-bond donors (Lipinski definition) is 6. The Morgan fingerprint density at radius 1 is 0.977 bits per heavy atom. The zero-order valence-corrected chi connectivity index (χ0v) is 25.8. The Morgan fingerprint density at radius 3 is 2.28 bits per heavy atom. The molecule has 2 amide bonds. The molecule has 0 bridgehead atoms. The Labute approximate surface area is 254 Å². The summed E-state index contributed by atoms with van der Waals surface area (Å²) in [5.41, 5.74) is 6.65. The first-order valence-electron chi connectivity index (χ1n) is 14.7.